The van der Waals surface area contributed by atoms with Gasteiger partial charge in [-0.3, -0.25) is 9.59 Å². The Morgan fingerprint density at radius 3 is 2.61 bits per heavy atom. The van der Waals surface area contributed by atoms with Crippen LogP contribution in [-0.4, -0.2) is 36.9 Å². The van der Waals surface area contributed by atoms with E-state index in [-0.39, 0.29) is 23.7 Å². The average molecular weight is 417 g/mol. The van der Waals surface area contributed by atoms with E-state index in [0.29, 0.717) is 26.1 Å². The number of rotatable bonds is 7. The van der Waals surface area contributed by atoms with Crippen LogP contribution in [0, 0.1) is 5.92 Å². The Hall–Kier alpha value is -3.34. The zero-order valence-electron chi connectivity index (χ0n) is 18.0. The van der Waals surface area contributed by atoms with Gasteiger partial charge in [0.2, 0.25) is 11.8 Å². The van der Waals surface area contributed by atoms with Crippen molar-refractivity contribution >= 4 is 22.6 Å². The third kappa shape index (κ3) is 4.88. The summed E-state index contributed by atoms with van der Waals surface area (Å²) in [4.78, 5) is 27.0. The highest BCUT2D eigenvalue weighted by molar-refractivity contribution is 5.88. The number of methoxy groups -OCH3 is 1. The van der Waals surface area contributed by atoms with Crippen molar-refractivity contribution in [2.45, 2.75) is 25.8 Å². The maximum absolute atomic E-state index is 12.8. The van der Waals surface area contributed by atoms with Gasteiger partial charge in [0.15, 0.2) is 0 Å². The molecule has 1 aliphatic rings. The molecule has 1 heterocycles. The summed E-state index contributed by atoms with van der Waals surface area (Å²) in [5.41, 5.74) is 2.10. The number of ether oxygens (including phenoxy) is 1. The quantitative estimate of drug-likeness (QED) is 0.630. The predicted octanol–water partition coefficient (Wildman–Crippen LogP) is 4.12. The molecule has 5 nitrogen and oxygen atoms in total. The summed E-state index contributed by atoms with van der Waals surface area (Å²) in [6, 6.07) is 22.0. The minimum absolute atomic E-state index is 0.0122. The van der Waals surface area contributed by atoms with Crippen LogP contribution >= 0.6 is 0 Å². The van der Waals surface area contributed by atoms with Gasteiger partial charge in [0.05, 0.1) is 13.0 Å². The van der Waals surface area contributed by atoms with Gasteiger partial charge in [0, 0.05) is 32.0 Å². The number of carbonyl (C=O) groups is 2. The van der Waals surface area contributed by atoms with Crippen LogP contribution in [0.3, 0.4) is 0 Å². The number of hydrogen-bond donors (Lipinski definition) is 1. The second-order valence-electron chi connectivity index (χ2n) is 8.27. The first-order chi connectivity index (χ1) is 15.0. The van der Waals surface area contributed by atoms with E-state index >= 15 is 0 Å². The summed E-state index contributed by atoms with van der Waals surface area (Å²) < 4.78 is 5.28. The molecule has 0 bridgehead atoms. The van der Waals surface area contributed by atoms with Crippen LogP contribution in [0.25, 0.3) is 10.8 Å². The van der Waals surface area contributed by atoms with Crippen LogP contribution in [-0.2, 0) is 16.1 Å². The molecule has 1 saturated heterocycles. The van der Waals surface area contributed by atoms with E-state index in [1.54, 1.807) is 7.11 Å². The number of fused-ring (bicyclic) bond motifs is 1. The first-order valence-corrected chi connectivity index (χ1v) is 10.7. The first kappa shape index (κ1) is 20.9. The van der Waals surface area contributed by atoms with Crippen molar-refractivity contribution < 1.29 is 14.3 Å². The SMILES string of the molecule is COc1ccc2cc([C@H](C)C(=O)NCC3CC(=O)N(Cc4ccccc4)C3)ccc2c1. The molecule has 0 spiro atoms. The van der Waals surface area contributed by atoms with Crippen LogP contribution in [0.5, 0.6) is 5.75 Å². The number of nitrogens with one attached hydrogen (secondary N) is 1. The summed E-state index contributed by atoms with van der Waals surface area (Å²) in [7, 11) is 1.65. The van der Waals surface area contributed by atoms with Crippen LogP contribution in [0.2, 0.25) is 0 Å². The zero-order chi connectivity index (χ0) is 21.8. The number of carbonyl (C=O) groups excluding carboxylic acids is 2. The van der Waals surface area contributed by atoms with Gasteiger partial charge in [-0.25, -0.2) is 0 Å². The Labute approximate surface area is 183 Å². The molecular formula is C26H28N2O3. The standard InChI is InChI=1S/C26H28N2O3/c1-18(21-8-9-23-14-24(31-2)11-10-22(23)13-21)26(30)27-15-20-12-25(29)28(17-20)16-19-6-4-3-5-7-19/h3-11,13-14,18,20H,12,15-17H2,1-2H3,(H,27,30)/t18-,20?/m0/s1. The molecule has 2 atom stereocenters. The highest BCUT2D eigenvalue weighted by Gasteiger charge is 2.30. The Morgan fingerprint density at radius 1 is 1.10 bits per heavy atom. The van der Waals surface area contributed by atoms with Crippen molar-refractivity contribution in [2.75, 3.05) is 20.2 Å². The maximum Gasteiger partial charge on any atom is 0.227 e. The Bertz CT molecular complexity index is 1080. The molecule has 31 heavy (non-hydrogen) atoms. The number of hydrogen-bond acceptors (Lipinski definition) is 3. The third-order valence-corrected chi connectivity index (χ3v) is 6.04. The Balaban J connectivity index is 1.33. The monoisotopic (exact) mass is 416 g/mol. The van der Waals surface area contributed by atoms with E-state index in [0.717, 1.165) is 27.6 Å². The van der Waals surface area contributed by atoms with E-state index < -0.39 is 0 Å². The number of nitrogens with zero attached hydrogens (tertiary/aromatic N) is 1. The molecular weight excluding hydrogens is 388 g/mol. The number of benzene rings is 3. The Morgan fingerprint density at radius 2 is 1.84 bits per heavy atom. The molecule has 2 amide bonds. The largest absolute Gasteiger partial charge is 0.497 e. The lowest BCUT2D eigenvalue weighted by molar-refractivity contribution is -0.128. The molecule has 160 valence electrons. The van der Waals surface area contributed by atoms with Crippen LogP contribution in [0.4, 0.5) is 0 Å². The van der Waals surface area contributed by atoms with E-state index in [4.69, 9.17) is 4.74 Å². The van der Waals surface area contributed by atoms with Crippen molar-refractivity contribution in [3.05, 3.63) is 77.9 Å². The van der Waals surface area contributed by atoms with Crippen LogP contribution < -0.4 is 10.1 Å². The summed E-state index contributed by atoms with van der Waals surface area (Å²) in [5.74, 6) is 0.849. The third-order valence-electron chi connectivity index (χ3n) is 6.04. The van der Waals surface area contributed by atoms with Gasteiger partial charge in [0.25, 0.3) is 0 Å². The molecule has 4 rings (SSSR count). The normalized spacial score (nSPS) is 17.0. The van der Waals surface area contributed by atoms with E-state index in [9.17, 15) is 9.59 Å². The minimum Gasteiger partial charge on any atom is -0.497 e. The lowest BCUT2D eigenvalue weighted by Crippen LogP contribution is -2.33. The molecule has 0 aliphatic carbocycles. The average Bonchev–Trinajstić information content (AvgIpc) is 3.15. The van der Waals surface area contributed by atoms with Crippen molar-refractivity contribution in [1.82, 2.24) is 10.2 Å². The lowest BCUT2D eigenvalue weighted by Gasteiger charge is -2.18. The molecule has 1 aliphatic heterocycles. The van der Waals surface area contributed by atoms with Crippen molar-refractivity contribution in [3.63, 3.8) is 0 Å². The van der Waals surface area contributed by atoms with Crippen LogP contribution in [0.15, 0.2) is 66.7 Å². The molecule has 3 aromatic rings. The highest BCUT2D eigenvalue weighted by atomic mass is 16.5. The highest BCUT2D eigenvalue weighted by Crippen LogP contribution is 2.26. The van der Waals surface area contributed by atoms with E-state index in [2.05, 4.69) is 11.4 Å². The second-order valence-corrected chi connectivity index (χ2v) is 8.27. The van der Waals surface area contributed by atoms with Crippen molar-refractivity contribution in [2.24, 2.45) is 5.92 Å². The van der Waals surface area contributed by atoms with Gasteiger partial charge in [0.1, 0.15) is 5.75 Å². The molecule has 1 fully saturated rings. The number of amides is 2. The van der Waals surface area contributed by atoms with E-state index in [1.807, 2.05) is 72.5 Å². The molecule has 1 N–H and O–H groups in total. The molecule has 3 aromatic carbocycles. The first-order valence-electron chi connectivity index (χ1n) is 10.7. The molecule has 0 radical (unpaired) electrons. The lowest BCUT2D eigenvalue weighted by atomic mass is 9.96. The molecule has 0 saturated carbocycles. The predicted molar refractivity (Wildman–Crippen MR) is 122 cm³/mol. The van der Waals surface area contributed by atoms with Crippen molar-refractivity contribution in [1.29, 1.82) is 0 Å². The Kier molecular flexibility index (Phi) is 6.21. The van der Waals surface area contributed by atoms with Gasteiger partial charge in [-0.05, 0) is 41.0 Å². The van der Waals surface area contributed by atoms with Gasteiger partial charge >= 0.3 is 0 Å². The molecule has 5 heteroatoms. The minimum atomic E-state index is -0.260. The maximum atomic E-state index is 12.8. The van der Waals surface area contributed by atoms with Crippen molar-refractivity contribution in [3.8, 4) is 5.75 Å². The summed E-state index contributed by atoms with van der Waals surface area (Å²) >= 11 is 0. The fraction of sp³-hybridized carbons (Fsp3) is 0.308. The van der Waals surface area contributed by atoms with Crippen LogP contribution in [0.1, 0.15) is 30.4 Å². The molecule has 0 aromatic heterocycles. The summed E-state index contributed by atoms with van der Waals surface area (Å²) in [6.07, 6.45) is 0.485. The van der Waals surface area contributed by atoms with Gasteiger partial charge < -0.3 is 15.0 Å². The fourth-order valence-corrected chi connectivity index (χ4v) is 4.14. The van der Waals surface area contributed by atoms with Gasteiger partial charge in [-0.2, -0.15) is 0 Å². The summed E-state index contributed by atoms with van der Waals surface area (Å²) in [5, 5.41) is 5.22. The number of likely N-dealkylation sites (tertiary alicyclic amines) is 1. The second kappa shape index (κ2) is 9.21. The topological polar surface area (TPSA) is 58.6 Å². The zero-order valence-corrected chi connectivity index (χ0v) is 18.0. The smallest absolute Gasteiger partial charge is 0.227 e. The van der Waals surface area contributed by atoms with Gasteiger partial charge in [-0.15, -0.1) is 0 Å². The fourth-order valence-electron chi connectivity index (χ4n) is 4.14. The molecule has 1 unspecified atom stereocenters. The van der Waals surface area contributed by atoms with Gasteiger partial charge in [-0.1, -0.05) is 54.6 Å². The summed E-state index contributed by atoms with van der Waals surface area (Å²) in [6.45, 7) is 3.75. The van der Waals surface area contributed by atoms with E-state index in [1.165, 1.54) is 0 Å².